The molecule has 2 nitrogen and oxygen atoms in total. The molecule has 0 aromatic rings. The van der Waals surface area contributed by atoms with Gasteiger partial charge in [-0.15, -0.1) is 18.9 Å². The summed E-state index contributed by atoms with van der Waals surface area (Å²) in [5, 5.41) is 6.50. The van der Waals surface area contributed by atoms with Crippen LogP contribution >= 0.6 is 12.2 Å². The number of nitrogens with one attached hydrogen (secondary N) is 2. The first-order valence-corrected chi connectivity index (χ1v) is 3.78. The fourth-order valence-electron chi connectivity index (χ4n) is 0.476. The van der Waals surface area contributed by atoms with E-state index < -0.39 is 0 Å². The van der Waals surface area contributed by atoms with Crippen molar-refractivity contribution in [2.24, 2.45) is 0 Å². The highest BCUT2D eigenvalue weighted by molar-refractivity contribution is 7.80. The molecule has 0 radical (unpaired) electrons. The molecule has 11 heavy (non-hydrogen) atoms. The van der Waals surface area contributed by atoms with E-state index in [1.165, 1.54) is 0 Å². The minimum Gasteiger partial charge on any atom is -0.362 e. The van der Waals surface area contributed by atoms with Crippen molar-refractivity contribution in [1.29, 1.82) is 0 Å². The second-order valence-corrected chi connectivity index (χ2v) is 2.29. The molecule has 0 aromatic carbocycles. The van der Waals surface area contributed by atoms with Crippen LogP contribution in [0.1, 0.15) is 6.42 Å². The third kappa shape index (κ3) is 6.88. The van der Waals surface area contributed by atoms with Crippen molar-refractivity contribution in [1.82, 2.24) is 10.6 Å². The summed E-state index contributed by atoms with van der Waals surface area (Å²) in [6, 6.07) is 0. The van der Waals surface area contributed by atoms with E-state index in [4.69, 9.17) is 18.6 Å². The zero-order chi connectivity index (χ0) is 8.53. The number of hydrogen-bond donors (Lipinski definition) is 2. The van der Waals surface area contributed by atoms with Crippen LogP contribution in [0.5, 0.6) is 0 Å². The maximum Gasteiger partial charge on any atom is 0.166 e. The van der Waals surface area contributed by atoms with E-state index in [-0.39, 0.29) is 0 Å². The molecule has 0 amide bonds. The summed E-state index contributed by atoms with van der Waals surface area (Å²) in [5.74, 6) is 2.51. The van der Waals surface area contributed by atoms with Crippen LogP contribution in [0.15, 0.2) is 12.7 Å². The molecule has 0 aliphatic rings. The Labute approximate surface area is 73.1 Å². The number of hydrogen-bond acceptors (Lipinski definition) is 1. The SMILES string of the molecule is C#CCCNC(=S)NCC=C. The summed E-state index contributed by atoms with van der Waals surface area (Å²) in [7, 11) is 0. The van der Waals surface area contributed by atoms with Gasteiger partial charge in [0.25, 0.3) is 0 Å². The molecule has 3 heteroatoms. The Morgan fingerprint density at radius 1 is 1.64 bits per heavy atom. The van der Waals surface area contributed by atoms with E-state index in [0.717, 1.165) is 6.54 Å². The van der Waals surface area contributed by atoms with Gasteiger partial charge in [0.15, 0.2) is 5.11 Å². The summed E-state index contributed by atoms with van der Waals surface area (Å²) in [4.78, 5) is 0. The molecule has 0 aromatic heterocycles. The summed E-state index contributed by atoms with van der Waals surface area (Å²) >= 11 is 4.89. The van der Waals surface area contributed by atoms with E-state index in [0.29, 0.717) is 18.1 Å². The van der Waals surface area contributed by atoms with Crippen molar-refractivity contribution in [3.63, 3.8) is 0 Å². The smallest absolute Gasteiger partial charge is 0.166 e. The van der Waals surface area contributed by atoms with Gasteiger partial charge in [-0.05, 0) is 12.2 Å². The van der Waals surface area contributed by atoms with Crippen molar-refractivity contribution in [2.45, 2.75) is 6.42 Å². The molecular weight excluding hydrogens is 156 g/mol. The van der Waals surface area contributed by atoms with Gasteiger partial charge in [0.2, 0.25) is 0 Å². The molecular formula is C8H12N2S. The molecule has 0 fully saturated rings. The van der Waals surface area contributed by atoms with Crippen molar-refractivity contribution in [3.05, 3.63) is 12.7 Å². The molecule has 0 bridgehead atoms. The third-order valence-electron chi connectivity index (χ3n) is 0.962. The lowest BCUT2D eigenvalue weighted by molar-refractivity contribution is 0.869. The maximum absolute atomic E-state index is 5.05. The van der Waals surface area contributed by atoms with Gasteiger partial charge in [-0.3, -0.25) is 0 Å². The molecule has 0 spiro atoms. The first-order valence-electron chi connectivity index (χ1n) is 3.37. The standard InChI is InChI=1S/C8H12N2S/c1-3-5-7-10-8(11)9-6-4-2/h1,4H,2,5-7H2,(H2,9,10,11). The fourth-order valence-corrected chi connectivity index (χ4v) is 0.661. The Morgan fingerprint density at radius 2 is 2.36 bits per heavy atom. The molecule has 2 N–H and O–H groups in total. The summed E-state index contributed by atoms with van der Waals surface area (Å²) in [6.07, 6.45) is 7.48. The Kier molecular flexibility index (Phi) is 6.45. The average Bonchev–Trinajstić information content (AvgIpc) is 2.01. The molecule has 60 valence electrons. The Hall–Kier alpha value is -1.01. The minimum atomic E-state index is 0.625. The van der Waals surface area contributed by atoms with E-state index >= 15 is 0 Å². The molecule has 0 atom stereocenters. The first kappa shape index (κ1) is 9.99. The van der Waals surface area contributed by atoms with Gasteiger partial charge < -0.3 is 10.6 Å². The minimum absolute atomic E-state index is 0.625. The normalized spacial score (nSPS) is 7.91. The average molecular weight is 168 g/mol. The van der Waals surface area contributed by atoms with Crippen LogP contribution in [0.3, 0.4) is 0 Å². The van der Waals surface area contributed by atoms with E-state index in [1.807, 2.05) is 0 Å². The van der Waals surface area contributed by atoms with Crippen LogP contribution in [0.4, 0.5) is 0 Å². The lowest BCUT2D eigenvalue weighted by Crippen LogP contribution is -2.35. The highest BCUT2D eigenvalue weighted by Crippen LogP contribution is 1.71. The van der Waals surface area contributed by atoms with Crippen LogP contribution in [-0.2, 0) is 0 Å². The second kappa shape index (κ2) is 7.10. The lowest BCUT2D eigenvalue weighted by atomic mass is 10.4. The van der Waals surface area contributed by atoms with Crippen molar-refractivity contribution < 1.29 is 0 Å². The first-order chi connectivity index (χ1) is 5.31. The highest BCUT2D eigenvalue weighted by Gasteiger charge is 1.88. The second-order valence-electron chi connectivity index (χ2n) is 1.88. The third-order valence-corrected chi connectivity index (χ3v) is 1.25. The van der Waals surface area contributed by atoms with Gasteiger partial charge in [-0.25, -0.2) is 0 Å². The van der Waals surface area contributed by atoms with Crippen LogP contribution in [0.25, 0.3) is 0 Å². The van der Waals surface area contributed by atoms with Gasteiger partial charge in [0.05, 0.1) is 0 Å². The topological polar surface area (TPSA) is 24.1 Å². The fraction of sp³-hybridized carbons (Fsp3) is 0.375. The van der Waals surface area contributed by atoms with Crippen LogP contribution < -0.4 is 10.6 Å². The molecule has 0 rings (SSSR count). The van der Waals surface area contributed by atoms with Crippen molar-refractivity contribution in [2.75, 3.05) is 13.1 Å². The quantitative estimate of drug-likeness (QED) is 0.279. The van der Waals surface area contributed by atoms with Crippen molar-refractivity contribution in [3.8, 4) is 12.3 Å². The summed E-state index contributed by atoms with van der Waals surface area (Å²) < 4.78 is 0. The van der Waals surface area contributed by atoms with Crippen LogP contribution in [-0.4, -0.2) is 18.2 Å². The predicted molar refractivity (Wildman–Crippen MR) is 52.3 cm³/mol. The molecule has 0 aliphatic heterocycles. The van der Waals surface area contributed by atoms with Gasteiger partial charge in [-0.2, -0.15) is 0 Å². The largest absolute Gasteiger partial charge is 0.362 e. The highest BCUT2D eigenvalue weighted by atomic mass is 32.1. The van der Waals surface area contributed by atoms with Crippen LogP contribution in [0, 0.1) is 12.3 Å². The number of rotatable bonds is 4. The zero-order valence-corrected chi connectivity index (χ0v) is 7.21. The van der Waals surface area contributed by atoms with Gasteiger partial charge in [0, 0.05) is 19.5 Å². The van der Waals surface area contributed by atoms with E-state index in [2.05, 4.69) is 23.1 Å². The van der Waals surface area contributed by atoms with Gasteiger partial charge in [0.1, 0.15) is 0 Å². The Morgan fingerprint density at radius 3 is 2.91 bits per heavy atom. The molecule has 0 saturated heterocycles. The predicted octanol–water partition coefficient (Wildman–Crippen LogP) is 0.660. The van der Waals surface area contributed by atoms with E-state index in [1.54, 1.807) is 6.08 Å². The maximum atomic E-state index is 5.05. The number of thiocarbonyl (C=S) groups is 1. The van der Waals surface area contributed by atoms with E-state index in [9.17, 15) is 0 Å². The van der Waals surface area contributed by atoms with Gasteiger partial charge in [-0.1, -0.05) is 6.08 Å². The molecule has 0 heterocycles. The summed E-state index contributed by atoms with van der Waals surface area (Å²) in [6.45, 7) is 4.95. The molecule has 0 unspecified atom stereocenters. The molecule has 0 saturated carbocycles. The van der Waals surface area contributed by atoms with Crippen molar-refractivity contribution >= 4 is 17.3 Å². The summed E-state index contributed by atoms with van der Waals surface area (Å²) in [5.41, 5.74) is 0. The van der Waals surface area contributed by atoms with Crippen LogP contribution in [0.2, 0.25) is 0 Å². The Bertz CT molecular complexity index is 169. The molecule has 0 aliphatic carbocycles. The lowest BCUT2D eigenvalue weighted by Gasteiger charge is -2.05. The Balaban J connectivity index is 3.24. The monoisotopic (exact) mass is 168 g/mol. The van der Waals surface area contributed by atoms with Gasteiger partial charge >= 0.3 is 0 Å². The zero-order valence-electron chi connectivity index (χ0n) is 6.39. The number of terminal acetylenes is 1.